The highest BCUT2D eigenvalue weighted by Crippen LogP contribution is 2.49. The number of nitrogens with one attached hydrogen (secondary N) is 1. The van der Waals surface area contributed by atoms with E-state index in [9.17, 15) is 8.42 Å². The quantitative estimate of drug-likeness (QED) is 0.871. The van der Waals surface area contributed by atoms with Crippen LogP contribution in [0.1, 0.15) is 64.2 Å². The standard InChI is InChI=1S/C16H29NO2S/c18-20(19)11-6-14(7-12-20)13-17-15-5-4-10-16(15)8-2-1-3-9-16/h14-15,17H,1-13H2. The lowest BCUT2D eigenvalue weighted by atomic mass is 9.70. The first kappa shape index (κ1) is 14.8. The maximum absolute atomic E-state index is 11.5. The van der Waals surface area contributed by atoms with Crippen LogP contribution in [0, 0.1) is 11.3 Å². The van der Waals surface area contributed by atoms with Crippen LogP contribution in [0.2, 0.25) is 0 Å². The van der Waals surface area contributed by atoms with Gasteiger partial charge in [0.1, 0.15) is 9.84 Å². The van der Waals surface area contributed by atoms with Crippen molar-refractivity contribution in [2.45, 2.75) is 70.3 Å². The molecule has 1 atom stereocenters. The third kappa shape index (κ3) is 3.22. The van der Waals surface area contributed by atoms with Gasteiger partial charge in [-0.3, -0.25) is 0 Å². The summed E-state index contributed by atoms with van der Waals surface area (Å²) in [6.45, 7) is 1.04. The number of rotatable bonds is 3. The van der Waals surface area contributed by atoms with Crippen LogP contribution in [-0.2, 0) is 9.84 Å². The fraction of sp³-hybridized carbons (Fsp3) is 1.00. The second-order valence-corrected chi connectivity index (χ2v) is 9.67. The zero-order valence-corrected chi connectivity index (χ0v) is 13.4. The lowest BCUT2D eigenvalue weighted by Gasteiger charge is -2.40. The molecule has 1 heterocycles. The largest absolute Gasteiger partial charge is 0.313 e. The fourth-order valence-corrected chi connectivity index (χ4v) is 6.35. The second kappa shape index (κ2) is 5.96. The third-order valence-electron chi connectivity index (χ3n) is 6.08. The average Bonchev–Trinajstić information content (AvgIpc) is 2.81. The molecule has 3 fully saturated rings. The van der Waals surface area contributed by atoms with Crippen LogP contribution in [0.4, 0.5) is 0 Å². The maximum atomic E-state index is 11.5. The van der Waals surface area contributed by atoms with E-state index in [-0.39, 0.29) is 0 Å². The van der Waals surface area contributed by atoms with Crippen LogP contribution in [0.15, 0.2) is 0 Å². The molecule has 0 aromatic heterocycles. The molecule has 1 aliphatic heterocycles. The summed E-state index contributed by atoms with van der Waals surface area (Å²) in [5.41, 5.74) is 0.596. The molecule has 0 aromatic rings. The zero-order chi connectivity index (χ0) is 14.1. The van der Waals surface area contributed by atoms with Gasteiger partial charge in [-0.05, 0) is 56.4 Å². The van der Waals surface area contributed by atoms with E-state index < -0.39 is 9.84 Å². The van der Waals surface area contributed by atoms with E-state index in [2.05, 4.69) is 5.32 Å². The SMILES string of the molecule is O=S1(=O)CCC(CNC2CCCC23CCCCC3)CC1. The smallest absolute Gasteiger partial charge is 0.150 e. The minimum Gasteiger partial charge on any atom is -0.313 e. The van der Waals surface area contributed by atoms with Gasteiger partial charge in [-0.25, -0.2) is 8.42 Å². The summed E-state index contributed by atoms with van der Waals surface area (Å²) in [6.07, 6.45) is 13.0. The molecule has 0 bridgehead atoms. The molecular formula is C16H29NO2S. The first-order valence-corrected chi connectivity index (χ1v) is 10.4. The van der Waals surface area contributed by atoms with Crippen LogP contribution in [0.25, 0.3) is 0 Å². The second-order valence-electron chi connectivity index (χ2n) is 7.37. The third-order valence-corrected chi connectivity index (χ3v) is 7.80. The minimum atomic E-state index is -2.71. The molecule has 2 aliphatic carbocycles. The molecule has 3 rings (SSSR count). The summed E-state index contributed by atoms with van der Waals surface area (Å²) in [5, 5.41) is 3.84. The first-order chi connectivity index (χ1) is 9.60. The van der Waals surface area contributed by atoms with Crippen molar-refractivity contribution in [1.82, 2.24) is 5.32 Å². The van der Waals surface area contributed by atoms with Crippen molar-refractivity contribution in [1.29, 1.82) is 0 Å². The lowest BCUT2D eigenvalue weighted by molar-refractivity contribution is 0.145. The molecule has 20 heavy (non-hydrogen) atoms. The Morgan fingerprint density at radius 1 is 0.900 bits per heavy atom. The van der Waals surface area contributed by atoms with E-state index in [1.807, 2.05) is 0 Å². The van der Waals surface area contributed by atoms with E-state index >= 15 is 0 Å². The van der Waals surface area contributed by atoms with Crippen LogP contribution in [0.5, 0.6) is 0 Å². The van der Waals surface area contributed by atoms with Crippen LogP contribution in [0.3, 0.4) is 0 Å². The molecule has 1 spiro atoms. The summed E-state index contributed by atoms with van der Waals surface area (Å²) in [4.78, 5) is 0. The monoisotopic (exact) mass is 299 g/mol. The van der Waals surface area contributed by atoms with Crippen molar-refractivity contribution in [3.8, 4) is 0 Å². The van der Waals surface area contributed by atoms with Crippen molar-refractivity contribution < 1.29 is 8.42 Å². The van der Waals surface area contributed by atoms with E-state index in [0.29, 0.717) is 28.9 Å². The molecule has 0 amide bonds. The van der Waals surface area contributed by atoms with Crippen molar-refractivity contribution in [3.63, 3.8) is 0 Å². The van der Waals surface area contributed by atoms with Crippen LogP contribution >= 0.6 is 0 Å². The Hall–Kier alpha value is -0.0900. The van der Waals surface area contributed by atoms with Gasteiger partial charge in [0, 0.05) is 6.04 Å². The van der Waals surface area contributed by atoms with Gasteiger partial charge in [-0.1, -0.05) is 25.7 Å². The molecule has 116 valence electrons. The predicted molar refractivity (Wildman–Crippen MR) is 82.5 cm³/mol. The van der Waals surface area contributed by atoms with Crippen LogP contribution in [-0.4, -0.2) is 32.5 Å². The predicted octanol–water partition coefficient (Wildman–Crippen LogP) is 2.90. The lowest BCUT2D eigenvalue weighted by Crippen LogP contribution is -2.45. The topological polar surface area (TPSA) is 46.2 Å². The van der Waals surface area contributed by atoms with Gasteiger partial charge in [0.15, 0.2) is 0 Å². The molecule has 0 radical (unpaired) electrons. The van der Waals surface area contributed by atoms with Gasteiger partial charge in [-0.2, -0.15) is 0 Å². The summed E-state index contributed by atoms with van der Waals surface area (Å²) < 4.78 is 23.0. The van der Waals surface area contributed by atoms with E-state index in [1.54, 1.807) is 0 Å². The Morgan fingerprint density at radius 2 is 1.55 bits per heavy atom. The van der Waals surface area contributed by atoms with Gasteiger partial charge in [0.2, 0.25) is 0 Å². The van der Waals surface area contributed by atoms with Crippen LogP contribution < -0.4 is 5.32 Å². The molecule has 3 aliphatic rings. The molecule has 4 heteroatoms. The maximum Gasteiger partial charge on any atom is 0.150 e. The average molecular weight is 299 g/mol. The van der Waals surface area contributed by atoms with E-state index in [4.69, 9.17) is 0 Å². The molecule has 1 N–H and O–H groups in total. The Balaban J connectivity index is 1.50. The van der Waals surface area contributed by atoms with Gasteiger partial charge in [0.05, 0.1) is 11.5 Å². The van der Waals surface area contributed by atoms with Gasteiger partial charge in [0.25, 0.3) is 0 Å². The summed E-state index contributed by atoms with van der Waals surface area (Å²) in [6, 6.07) is 0.710. The normalized spacial score (nSPS) is 33.5. The minimum absolute atomic E-state index is 0.412. The van der Waals surface area contributed by atoms with E-state index in [1.165, 1.54) is 51.4 Å². The van der Waals surface area contributed by atoms with Gasteiger partial charge in [-0.15, -0.1) is 0 Å². The summed E-state index contributed by atoms with van der Waals surface area (Å²) in [7, 11) is -2.71. The highest BCUT2D eigenvalue weighted by Gasteiger charge is 2.43. The van der Waals surface area contributed by atoms with Crippen molar-refractivity contribution >= 4 is 9.84 Å². The molecule has 2 saturated carbocycles. The van der Waals surface area contributed by atoms with Crippen molar-refractivity contribution in [2.75, 3.05) is 18.1 Å². The first-order valence-electron chi connectivity index (χ1n) is 8.54. The Labute approximate surface area is 123 Å². The number of hydrogen-bond acceptors (Lipinski definition) is 3. The summed E-state index contributed by atoms with van der Waals surface area (Å²) in [5.74, 6) is 1.41. The van der Waals surface area contributed by atoms with Gasteiger partial charge < -0.3 is 5.32 Å². The Morgan fingerprint density at radius 3 is 2.25 bits per heavy atom. The van der Waals surface area contributed by atoms with Crippen molar-refractivity contribution in [3.05, 3.63) is 0 Å². The Bertz CT molecular complexity index is 412. The highest BCUT2D eigenvalue weighted by molar-refractivity contribution is 7.91. The fourth-order valence-electron chi connectivity index (χ4n) is 4.76. The highest BCUT2D eigenvalue weighted by atomic mass is 32.2. The zero-order valence-electron chi connectivity index (χ0n) is 12.6. The van der Waals surface area contributed by atoms with Gasteiger partial charge >= 0.3 is 0 Å². The molecule has 1 unspecified atom stereocenters. The Kier molecular flexibility index (Phi) is 4.42. The molecule has 1 saturated heterocycles. The molecule has 3 nitrogen and oxygen atoms in total. The van der Waals surface area contributed by atoms with E-state index in [0.717, 1.165) is 19.4 Å². The molecule has 0 aromatic carbocycles. The summed E-state index contributed by atoms with van der Waals surface area (Å²) >= 11 is 0. The number of sulfone groups is 1. The number of hydrogen-bond donors (Lipinski definition) is 1. The van der Waals surface area contributed by atoms with Crippen molar-refractivity contribution in [2.24, 2.45) is 11.3 Å². The molecular weight excluding hydrogens is 270 g/mol.